The first kappa shape index (κ1) is 13.2. The van der Waals surface area contributed by atoms with E-state index in [2.05, 4.69) is 37.1 Å². The van der Waals surface area contributed by atoms with E-state index >= 15 is 0 Å². The van der Waals surface area contributed by atoms with Crippen LogP contribution in [0.25, 0.3) is 0 Å². The van der Waals surface area contributed by atoms with Gasteiger partial charge in [-0.1, -0.05) is 26.2 Å². The summed E-state index contributed by atoms with van der Waals surface area (Å²) in [7, 11) is 0. The van der Waals surface area contributed by atoms with Crippen LogP contribution in [0.5, 0.6) is 0 Å². The first-order valence-corrected chi connectivity index (χ1v) is 6.37. The van der Waals surface area contributed by atoms with Crippen LogP contribution in [-0.2, 0) is 6.54 Å². The minimum atomic E-state index is 0.610. The van der Waals surface area contributed by atoms with E-state index in [1.165, 1.54) is 36.8 Å². The molecule has 2 heteroatoms. The first-order chi connectivity index (χ1) is 7.74. The molecule has 0 spiro atoms. The van der Waals surface area contributed by atoms with Gasteiger partial charge in [0.15, 0.2) is 0 Å². The lowest BCUT2D eigenvalue weighted by atomic mass is 10.1. The second-order valence-corrected chi connectivity index (χ2v) is 4.58. The Morgan fingerprint density at radius 3 is 2.88 bits per heavy atom. The molecule has 0 aliphatic heterocycles. The van der Waals surface area contributed by atoms with Gasteiger partial charge in [0.1, 0.15) is 0 Å². The number of aryl methyl sites for hydroxylation is 1. The van der Waals surface area contributed by atoms with E-state index in [1.54, 1.807) is 0 Å². The van der Waals surface area contributed by atoms with Crippen molar-refractivity contribution in [3.05, 3.63) is 29.6 Å². The Kier molecular flexibility index (Phi) is 6.09. The molecule has 1 unspecified atom stereocenters. The molecule has 0 amide bonds. The number of unbranched alkanes of at least 4 members (excludes halogenated alkanes) is 2. The Balaban J connectivity index is 2.26. The van der Waals surface area contributed by atoms with Crippen LogP contribution in [0.4, 0.5) is 0 Å². The molecule has 2 nitrogen and oxygen atoms in total. The molecule has 0 aliphatic carbocycles. The van der Waals surface area contributed by atoms with Crippen molar-refractivity contribution in [2.24, 2.45) is 0 Å². The van der Waals surface area contributed by atoms with Crippen molar-refractivity contribution >= 4 is 0 Å². The summed E-state index contributed by atoms with van der Waals surface area (Å²) >= 11 is 0. The summed E-state index contributed by atoms with van der Waals surface area (Å²) in [5.74, 6) is 0. The van der Waals surface area contributed by atoms with Crippen LogP contribution in [0.3, 0.4) is 0 Å². The molecule has 0 radical (unpaired) electrons. The molecule has 0 bridgehead atoms. The highest BCUT2D eigenvalue weighted by Gasteiger charge is 2.02. The average molecular weight is 220 g/mol. The zero-order valence-electron chi connectivity index (χ0n) is 10.8. The summed E-state index contributed by atoms with van der Waals surface area (Å²) in [5, 5.41) is 3.57. The van der Waals surface area contributed by atoms with E-state index < -0.39 is 0 Å². The molecule has 90 valence electrons. The second-order valence-electron chi connectivity index (χ2n) is 4.58. The summed E-state index contributed by atoms with van der Waals surface area (Å²) in [6.07, 6.45) is 9.05. The molecule has 0 aliphatic rings. The van der Waals surface area contributed by atoms with Gasteiger partial charge < -0.3 is 5.32 Å². The Bertz CT molecular complexity index is 297. The Morgan fingerprint density at radius 1 is 1.38 bits per heavy atom. The molecule has 1 rings (SSSR count). The maximum Gasteiger partial charge on any atom is 0.0300 e. The fourth-order valence-electron chi connectivity index (χ4n) is 1.79. The molecule has 1 heterocycles. The number of rotatable bonds is 7. The van der Waals surface area contributed by atoms with Gasteiger partial charge >= 0.3 is 0 Å². The third-order valence-corrected chi connectivity index (χ3v) is 3.02. The fourth-order valence-corrected chi connectivity index (χ4v) is 1.79. The van der Waals surface area contributed by atoms with Crippen LogP contribution >= 0.6 is 0 Å². The van der Waals surface area contributed by atoms with Gasteiger partial charge in [-0.25, -0.2) is 0 Å². The summed E-state index contributed by atoms with van der Waals surface area (Å²) in [6, 6.07) is 2.71. The van der Waals surface area contributed by atoms with E-state index in [1.807, 2.05) is 12.4 Å². The summed E-state index contributed by atoms with van der Waals surface area (Å²) in [6.45, 7) is 7.60. The standard InChI is InChI=1S/C14H24N2/c1-4-5-6-7-13(3)16-11-14-8-9-15-10-12(14)2/h8-10,13,16H,4-7,11H2,1-3H3. The van der Waals surface area contributed by atoms with Crippen LogP contribution in [-0.4, -0.2) is 11.0 Å². The maximum atomic E-state index is 4.10. The maximum absolute atomic E-state index is 4.10. The van der Waals surface area contributed by atoms with Gasteiger partial charge in [-0.05, 0) is 37.5 Å². The van der Waals surface area contributed by atoms with E-state index in [0.29, 0.717) is 6.04 Å². The molecule has 0 fully saturated rings. The van der Waals surface area contributed by atoms with Gasteiger partial charge in [0.25, 0.3) is 0 Å². The highest BCUT2D eigenvalue weighted by molar-refractivity contribution is 5.21. The van der Waals surface area contributed by atoms with Crippen molar-refractivity contribution in [3.63, 3.8) is 0 Å². The van der Waals surface area contributed by atoms with E-state index in [4.69, 9.17) is 0 Å². The third kappa shape index (κ3) is 4.75. The molecule has 1 aromatic heterocycles. The lowest BCUT2D eigenvalue weighted by Crippen LogP contribution is -2.25. The van der Waals surface area contributed by atoms with Crippen LogP contribution < -0.4 is 5.32 Å². The number of aromatic nitrogens is 1. The van der Waals surface area contributed by atoms with Gasteiger partial charge in [0.2, 0.25) is 0 Å². The second kappa shape index (κ2) is 7.39. The zero-order valence-corrected chi connectivity index (χ0v) is 10.8. The van der Waals surface area contributed by atoms with Crippen molar-refractivity contribution in [2.45, 2.75) is 59.0 Å². The molecule has 16 heavy (non-hydrogen) atoms. The van der Waals surface area contributed by atoms with Crippen LogP contribution in [0.2, 0.25) is 0 Å². The van der Waals surface area contributed by atoms with E-state index in [-0.39, 0.29) is 0 Å². The van der Waals surface area contributed by atoms with Gasteiger partial charge in [-0.15, -0.1) is 0 Å². The minimum absolute atomic E-state index is 0.610. The molecule has 0 saturated carbocycles. The SMILES string of the molecule is CCCCCC(C)NCc1ccncc1C. The van der Waals surface area contributed by atoms with E-state index in [0.717, 1.165) is 6.54 Å². The van der Waals surface area contributed by atoms with Crippen molar-refractivity contribution in [1.29, 1.82) is 0 Å². The Labute approximate surface area is 99.5 Å². The average Bonchev–Trinajstić information content (AvgIpc) is 2.28. The lowest BCUT2D eigenvalue weighted by Gasteiger charge is -2.14. The number of nitrogens with zero attached hydrogens (tertiary/aromatic N) is 1. The number of hydrogen-bond donors (Lipinski definition) is 1. The molecule has 0 saturated heterocycles. The summed E-state index contributed by atoms with van der Waals surface area (Å²) in [5.41, 5.74) is 2.63. The molecular weight excluding hydrogens is 196 g/mol. The third-order valence-electron chi connectivity index (χ3n) is 3.02. The topological polar surface area (TPSA) is 24.9 Å². The van der Waals surface area contributed by atoms with Gasteiger partial charge in [0.05, 0.1) is 0 Å². The monoisotopic (exact) mass is 220 g/mol. The normalized spacial score (nSPS) is 12.7. The van der Waals surface area contributed by atoms with Crippen molar-refractivity contribution < 1.29 is 0 Å². The fraction of sp³-hybridized carbons (Fsp3) is 0.643. The first-order valence-electron chi connectivity index (χ1n) is 6.37. The lowest BCUT2D eigenvalue weighted by molar-refractivity contribution is 0.486. The predicted octanol–water partition coefficient (Wildman–Crippen LogP) is 3.45. The van der Waals surface area contributed by atoms with E-state index in [9.17, 15) is 0 Å². The molecule has 1 aromatic rings. The molecule has 1 N–H and O–H groups in total. The minimum Gasteiger partial charge on any atom is -0.310 e. The van der Waals surface area contributed by atoms with Crippen molar-refractivity contribution in [2.75, 3.05) is 0 Å². The summed E-state index contributed by atoms with van der Waals surface area (Å²) < 4.78 is 0. The van der Waals surface area contributed by atoms with Crippen LogP contribution in [0.15, 0.2) is 18.5 Å². The van der Waals surface area contributed by atoms with Crippen LogP contribution in [0, 0.1) is 6.92 Å². The quantitative estimate of drug-likeness (QED) is 0.712. The Hall–Kier alpha value is -0.890. The largest absolute Gasteiger partial charge is 0.310 e. The van der Waals surface area contributed by atoms with Crippen molar-refractivity contribution in [1.82, 2.24) is 10.3 Å². The van der Waals surface area contributed by atoms with Crippen molar-refractivity contribution in [3.8, 4) is 0 Å². The van der Waals surface area contributed by atoms with Crippen LogP contribution in [0.1, 0.15) is 50.7 Å². The van der Waals surface area contributed by atoms with Gasteiger partial charge in [0, 0.05) is 25.0 Å². The Morgan fingerprint density at radius 2 is 2.19 bits per heavy atom. The zero-order chi connectivity index (χ0) is 11.8. The van der Waals surface area contributed by atoms with Gasteiger partial charge in [-0.3, -0.25) is 4.98 Å². The number of nitrogens with one attached hydrogen (secondary N) is 1. The highest BCUT2D eigenvalue weighted by atomic mass is 14.9. The predicted molar refractivity (Wildman–Crippen MR) is 69.4 cm³/mol. The molecule has 1 atom stereocenters. The summed E-state index contributed by atoms with van der Waals surface area (Å²) in [4.78, 5) is 4.10. The highest BCUT2D eigenvalue weighted by Crippen LogP contribution is 2.07. The van der Waals surface area contributed by atoms with Gasteiger partial charge in [-0.2, -0.15) is 0 Å². The molecular formula is C14H24N2. The number of hydrogen-bond acceptors (Lipinski definition) is 2. The molecule has 0 aromatic carbocycles. The number of pyridine rings is 1. The smallest absolute Gasteiger partial charge is 0.0300 e.